The molecular weight excluding hydrogens is 514 g/mol. The van der Waals surface area contributed by atoms with Crippen LogP contribution < -0.4 is 0 Å². The maximum absolute atomic E-state index is 13.5. The van der Waals surface area contributed by atoms with Crippen molar-refractivity contribution in [1.29, 1.82) is 0 Å². The van der Waals surface area contributed by atoms with Crippen molar-refractivity contribution < 1.29 is 13.2 Å². The fraction of sp³-hybridized carbons (Fsp3) is 0.269. The first kappa shape index (κ1) is 24.6. The van der Waals surface area contributed by atoms with E-state index in [-0.39, 0.29) is 23.9 Å². The second-order valence-corrected chi connectivity index (χ2v) is 11.2. The fourth-order valence-electron chi connectivity index (χ4n) is 4.02. The second kappa shape index (κ2) is 11.3. The Kier molecular flexibility index (Phi) is 8.15. The van der Waals surface area contributed by atoms with Gasteiger partial charge in [0.05, 0.1) is 11.4 Å². The van der Waals surface area contributed by atoms with Gasteiger partial charge in [-0.3, -0.25) is 9.69 Å². The van der Waals surface area contributed by atoms with Gasteiger partial charge in [0.2, 0.25) is 15.9 Å². The van der Waals surface area contributed by atoms with Crippen LogP contribution in [-0.4, -0.2) is 61.2 Å². The molecule has 178 valence electrons. The largest absolute Gasteiger partial charge is 0.339 e. The molecule has 4 rings (SSSR count). The zero-order valence-electron chi connectivity index (χ0n) is 18.9. The van der Waals surface area contributed by atoms with E-state index in [0.717, 1.165) is 29.7 Å². The molecule has 3 aromatic rings. The summed E-state index contributed by atoms with van der Waals surface area (Å²) in [6.07, 6.45) is 0. The lowest BCUT2D eigenvalue weighted by atomic mass is 10.2. The van der Waals surface area contributed by atoms with E-state index in [4.69, 9.17) is 0 Å². The number of amides is 1. The standard InChI is InChI=1S/C26H28BrN3O3S/c27-24-11-13-25(14-12-24)34(32,33)30(20-23-9-5-2-6-10-23)21-26(31)29-17-15-28(16-18-29)19-22-7-3-1-4-8-22/h1-14H,15-21H2. The lowest BCUT2D eigenvalue weighted by Gasteiger charge is -2.35. The molecular formula is C26H28BrN3O3S. The van der Waals surface area contributed by atoms with Crippen molar-refractivity contribution in [2.75, 3.05) is 32.7 Å². The van der Waals surface area contributed by atoms with Gasteiger partial charge in [-0.1, -0.05) is 76.6 Å². The first-order valence-electron chi connectivity index (χ1n) is 11.3. The van der Waals surface area contributed by atoms with Crippen LogP contribution in [0.4, 0.5) is 0 Å². The van der Waals surface area contributed by atoms with Crippen LogP contribution in [0, 0.1) is 0 Å². The summed E-state index contributed by atoms with van der Waals surface area (Å²) in [5, 5.41) is 0. The molecule has 0 aromatic heterocycles. The Bertz CT molecular complexity index is 1180. The number of benzene rings is 3. The van der Waals surface area contributed by atoms with E-state index >= 15 is 0 Å². The number of hydrogen-bond acceptors (Lipinski definition) is 4. The normalized spacial score (nSPS) is 14.9. The van der Waals surface area contributed by atoms with E-state index in [1.165, 1.54) is 9.87 Å². The molecule has 1 aliphatic heterocycles. The highest BCUT2D eigenvalue weighted by molar-refractivity contribution is 9.10. The van der Waals surface area contributed by atoms with Gasteiger partial charge in [0, 0.05) is 43.7 Å². The lowest BCUT2D eigenvalue weighted by molar-refractivity contribution is -0.133. The number of carbonyl (C=O) groups is 1. The summed E-state index contributed by atoms with van der Waals surface area (Å²) >= 11 is 3.35. The third-order valence-corrected chi connectivity index (χ3v) is 8.27. The Hall–Kier alpha value is -2.52. The zero-order valence-corrected chi connectivity index (χ0v) is 21.3. The third-order valence-electron chi connectivity index (χ3n) is 5.94. The molecule has 6 nitrogen and oxygen atoms in total. The van der Waals surface area contributed by atoms with Crippen molar-refractivity contribution in [3.05, 3.63) is 101 Å². The summed E-state index contributed by atoms with van der Waals surface area (Å²) < 4.78 is 29.0. The second-order valence-electron chi connectivity index (χ2n) is 8.36. The minimum Gasteiger partial charge on any atom is -0.339 e. The average Bonchev–Trinajstić information content (AvgIpc) is 2.85. The Morgan fingerprint density at radius 2 is 1.35 bits per heavy atom. The predicted molar refractivity (Wildman–Crippen MR) is 136 cm³/mol. The first-order valence-corrected chi connectivity index (χ1v) is 13.5. The van der Waals surface area contributed by atoms with Gasteiger partial charge in [0.1, 0.15) is 0 Å². The number of nitrogens with zero attached hydrogens (tertiary/aromatic N) is 3. The summed E-state index contributed by atoms with van der Waals surface area (Å²) in [5.74, 6) is -0.170. The van der Waals surface area contributed by atoms with Gasteiger partial charge in [-0.05, 0) is 35.4 Å². The van der Waals surface area contributed by atoms with Gasteiger partial charge in [-0.15, -0.1) is 0 Å². The molecule has 1 amide bonds. The third kappa shape index (κ3) is 6.33. The molecule has 0 aliphatic carbocycles. The number of sulfonamides is 1. The van der Waals surface area contributed by atoms with Crippen molar-refractivity contribution in [1.82, 2.24) is 14.1 Å². The van der Waals surface area contributed by atoms with E-state index < -0.39 is 10.0 Å². The molecule has 1 saturated heterocycles. The lowest BCUT2D eigenvalue weighted by Crippen LogP contribution is -2.51. The minimum absolute atomic E-state index is 0.138. The average molecular weight is 542 g/mol. The number of piperazine rings is 1. The van der Waals surface area contributed by atoms with Crippen LogP contribution >= 0.6 is 15.9 Å². The summed E-state index contributed by atoms with van der Waals surface area (Å²) in [6.45, 7) is 3.50. The molecule has 34 heavy (non-hydrogen) atoms. The molecule has 0 N–H and O–H groups in total. The van der Waals surface area contributed by atoms with Crippen LogP contribution in [0.3, 0.4) is 0 Å². The molecule has 3 aromatic carbocycles. The predicted octanol–water partition coefficient (Wildman–Crippen LogP) is 3.98. The Morgan fingerprint density at radius 3 is 1.94 bits per heavy atom. The molecule has 0 atom stereocenters. The molecule has 0 spiro atoms. The maximum atomic E-state index is 13.5. The highest BCUT2D eigenvalue weighted by Gasteiger charge is 2.30. The Morgan fingerprint density at radius 1 is 0.794 bits per heavy atom. The number of hydrogen-bond donors (Lipinski definition) is 0. The summed E-state index contributed by atoms with van der Waals surface area (Å²) in [4.78, 5) is 17.5. The molecule has 1 aliphatic rings. The van der Waals surface area contributed by atoms with Crippen LogP contribution in [0.2, 0.25) is 0 Å². The highest BCUT2D eigenvalue weighted by Crippen LogP contribution is 2.21. The van der Waals surface area contributed by atoms with Crippen LogP contribution in [0.15, 0.2) is 94.3 Å². The van der Waals surface area contributed by atoms with E-state index in [9.17, 15) is 13.2 Å². The van der Waals surface area contributed by atoms with Gasteiger partial charge in [-0.2, -0.15) is 4.31 Å². The van der Waals surface area contributed by atoms with Crippen LogP contribution in [-0.2, 0) is 27.9 Å². The Labute approximate surface area is 210 Å². The van der Waals surface area contributed by atoms with E-state index in [1.807, 2.05) is 48.5 Å². The number of carbonyl (C=O) groups excluding carboxylic acids is 1. The van der Waals surface area contributed by atoms with Crippen LogP contribution in [0.25, 0.3) is 0 Å². The van der Waals surface area contributed by atoms with Crippen molar-refractivity contribution in [2.24, 2.45) is 0 Å². The quantitative estimate of drug-likeness (QED) is 0.432. The van der Waals surface area contributed by atoms with E-state index in [1.54, 1.807) is 29.2 Å². The van der Waals surface area contributed by atoms with Crippen molar-refractivity contribution in [2.45, 2.75) is 18.0 Å². The molecule has 0 unspecified atom stereocenters. The highest BCUT2D eigenvalue weighted by atomic mass is 79.9. The minimum atomic E-state index is -3.85. The summed E-state index contributed by atoms with van der Waals surface area (Å²) in [5.41, 5.74) is 2.08. The zero-order chi connectivity index (χ0) is 24.0. The molecule has 0 saturated carbocycles. The van der Waals surface area contributed by atoms with Crippen molar-refractivity contribution in [3.8, 4) is 0 Å². The van der Waals surface area contributed by atoms with Gasteiger partial charge in [0.25, 0.3) is 0 Å². The van der Waals surface area contributed by atoms with Gasteiger partial charge >= 0.3 is 0 Å². The number of halogens is 1. The molecule has 1 fully saturated rings. The smallest absolute Gasteiger partial charge is 0.243 e. The van der Waals surface area contributed by atoms with Crippen LogP contribution in [0.1, 0.15) is 11.1 Å². The molecule has 1 heterocycles. The van der Waals surface area contributed by atoms with E-state index in [0.29, 0.717) is 13.1 Å². The van der Waals surface area contributed by atoms with Gasteiger partial charge in [-0.25, -0.2) is 8.42 Å². The van der Waals surface area contributed by atoms with Gasteiger partial charge < -0.3 is 4.90 Å². The summed E-state index contributed by atoms with van der Waals surface area (Å²) in [7, 11) is -3.85. The summed E-state index contributed by atoms with van der Waals surface area (Å²) in [6, 6.07) is 26.1. The molecule has 0 bridgehead atoms. The van der Waals surface area contributed by atoms with Gasteiger partial charge in [0.15, 0.2) is 0 Å². The monoisotopic (exact) mass is 541 g/mol. The molecule has 8 heteroatoms. The van der Waals surface area contributed by atoms with Crippen molar-refractivity contribution in [3.63, 3.8) is 0 Å². The SMILES string of the molecule is O=C(CN(Cc1ccccc1)S(=O)(=O)c1ccc(Br)cc1)N1CCN(Cc2ccccc2)CC1. The number of rotatable bonds is 8. The fourth-order valence-corrected chi connectivity index (χ4v) is 5.66. The first-order chi connectivity index (χ1) is 16.4. The Balaban J connectivity index is 1.44. The maximum Gasteiger partial charge on any atom is 0.243 e. The van der Waals surface area contributed by atoms with E-state index in [2.05, 4.69) is 33.0 Å². The topological polar surface area (TPSA) is 60.9 Å². The molecule has 0 radical (unpaired) electrons. The van der Waals surface area contributed by atoms with Crippen molar-refractivity contribution >= 4 is 31.9 Å². The van der Waals surface area contributed by atoms with Crippen LogP contribution in [0.5, 0.6) is 0 Å².